The first-order valence-electron chi connectivity index (χ1n) is 6.71. The fourth-order valence-corrected chi connectivity index (χ4v) is 2.72. The lowest BCUT2D eigenvalue weighted by Gasteiger charge is -2.38. The van der Waals surface area contributed by atoms with E-state index in [9.17, 15) is 5.11 Å². The van der Waals surface area contributed by atoms with Crippen LogP contribution in [-0.2, 0) is 0 Å². The first-order valence-corrected chi connectivity index (χ1v) is 7.51. The number of aliphatic hydroxyl groups is 1. The molecule has 0 aromatic heterocycles. The van der Waals surface area contributed by atoms with Gasteiger partial charge in [-0.1, -0.05) is 35.0 Å². The minimum Gasteiger partial charge on any atom is -0.389 e. The van der Waals surface area contributed by atoms with E-state index in [0.717, 1.165) is 10.9 Å². The van der Waals surface area contributed by atoms with Crippen molar-refractivity contribution in [3.63, 3.8) is 0 Å². The number of rotatable bonds is 5. The molecule has 1 aromatic carbocycles. The van der Waals surface area contributed by atoms with Crippen LogP contribution in [0.15, 0.2) is 28.7 Å². The summed E-state index contributed by atoms with van der Waals surface area (Å²) in [4.78, 5) is 0. The van der Waals surface area contributed by atoms with E-state index in [1.54, 1.807) is 0 Å². The summed E-state index contributed by atoms with van der Waals surface area (Å²) in [5, 5.41) is 13.4. The zero-order valence-electron chi connectivity index (χ0n) is 11.1. The van der Waals surface area contributed by atoms with Crippen LogP contribution in [0.25, 0.3) is 0 Å². The molecule has 0 amide bonds. The van der Waals surface area contributed by atoms with E-state index < -0.39 is 5.60 Å². The van der Waals surface area contributed by atoms with Crippen LogP contribution in [0.5, 0.6) is 0 Å². The Morgan fingerprint density at radius 2 is 2.17 bits per heavy atom. The van der Waals surface area contributed by atoms with Gasteiger partial charge in [-0.15, -0.1) is 0 Å². The van der Waals surface area contributed by atoms with Gasteiger partial charge in [0.2, 0.25) is 0 Å². The van der Waals surface area contributed by atoms with Crippen molar-refractivity contribution in [3.05, 3.63) is 34.3 Å². The lowest BCUT2D eigenvalue weighted by Crippen LogP contribution is -2.47. The molecule has 1 saturated carbocycles. The van der Waals surface area contributed by atoms with Gasteiger partial charge in [-0.2, -0.15) is 0 Å². The standard InChI is InChI=1S/C15H22BrNO/c1-3-15(2,18)10-17-14-8-12(9-14)11-5-4-6-13(16)7-11/h4-7,12,14,17-18H,3,8-10H2,1-2H3. The highest BCUT2D eigenvalue weighted by Crippen LogP contribution is 2.37. The molecule has 2 N–H and O–H groups in total. The SMILES string of the molecule is CCC(C)(O)CNC1CC(c2cccc(Br)c2)C1. The van der Waals surface area contributed by atoms with Crippen LogP contribution in [0, 0.1) is 0 Å². The minimum atomic E-state index is -0.569. The van der Waals surface area contributed by atoms with Crippen molar-refractivity contribution >= 4 is 15.9 Å². The van der Waals surface area contributed by atoms with Crippen LogP contribution < -0.4 is 5.32 Å². The van der Waals surface area contributed by atoms with Gasteiger partial charge in [0.15, 0.2) is 0 Å². The Balaban J connectivity index is 1.77. The number of benzene rings is 1. The van der Waals surface area contributed by atoms with Crippen molar-refractivity contribution in [1.82, 2.24) is 5.32 Å². The van der Waals surface area contributed by atoms with Gasteiger partial charge >= 0.3 is 0 Å². The van der Waals surface area contributed by atoms with Crippen molar-refractivity contribution in [3.8, 4) is 0 Å². The molecule has 1 atom stereocenters. The molecule has 1 aliphatic carbocycles. The quantitative estimate of drug-likeness (QED) is 0.873. The first-order chi connectivity index (χ1) is 8.50. The number of hydrogen-bond donors (Lipinski definition) is 2. The monoisotopic (exact) mass is 311 g/mol. The topological polar surface area (TPSA) is 32.3 Å². The average Bonchev–Trinajstić information content (AvgIpc) is 2.27. The Morgan fingerprint density at radius 1 is 1.44 bits per heavy atom. The number of halogens is 1. The van der Waals surface area contributed by atoms with Crippen molar-refractivity contribution in [2.75, 3.05) is 6.54 Å². The van der Waals surface area contributed by atoms with Gasteiger partial charge in [0.1, 0.15) is 0 Å². The normalized spacial score (nSPS) is 26.4. The van der Waals surface area contributed by atoms with Gasteiger partial charge in [0.05, 0.1) is 5.60 Å². The molecule has 0 aliphatic heterocycles. The Morgan fingerprint density at radius 3 is 2.78 bits per heavy atom. The van der Waals surface area contributed by atoms with Crippen LogP contribution in [0.4, 0.5) is 0 Å². The average molecular weight is 312 g/mol. The molecule has 1 aliphatic rings. The van der Waals surface area contributed by atoms with E-state index >= 15 is 0 Å². The minimum absolute atomic E-state index is 0.562. The third-order valence-corrected chi connectivity index (χ3v) is 4.48. The molecule has 0 heterocycles. The van der Waals surface area contributed by atoms with E-state index in [1.165, 1.54) is 18.4 Å². The Labute approximate surface area is 118 Å². The predicted octanol–water partition coefficient (Wildman–Crippen LogP) is 3.45. The van der Waals surface area contributed by atoms with Gasteiger partial charge in [0.25, 0.3) is 0 Å². The Hall–Kier alpha value is -0.380. The molecule has 3 heteroatoms. The van der Waals surface area contributed by atoms with Crippen LogP contribution in [-0.4, -0.2) is 23.3 Å². The van der Waals surface area contributed by atoms with Crippen molar-refractivity contribution < 1.29 is 5.11 Å². The second-order valence-corrected chi connectivity index (χ2v) is 6.57. The summed E-state index contributed by atoms with van der Waals surface area (Å²) >= 11 is 3.52. The fourth-order valence-electron chi connectivity index (χ4n) is 2.31. The van der Waals surface area contributed by atoms with Gasteiger partial charge in [-0.05, 0) is 49.8 Å². The van der Waals surface area contributed by atoms with Crippen LogP contribution >= 0.6 is 15.9 Å². The Kier molecular flexibility index (Phi) is 4.46. The van der Waals surface area contributed by atoms with Gasteiger partial charge in [-0.3, -0.25) is 0 Å². The summed E-state index contributed by atoms with van der Waals surface area (Å²) < 4.78 is 1.16. The summed E-state index contributed by atoms with van der Waals surface area (Å²) in [7, 11) is 0. The smallest absolute Gasteiger partial charge is 0.0741 e. The molecule has 1 fully saturated rings. The maximum Gasteiger partial charge on any atom is 0.0741 e. The van der Waals surface area contributed by atoms with Gasteiger partial charge in [-0.25, -0.2) is 0 Å². The predicted molar refractivity (Wildman–Crippen MR) is 78.8 cm³/mol. The lowest BCUT2D eigenvalue weighted by molar-refractivity contribution is 0.0482. The van der Waals surface area contributed by atoms with Crippen LogP contribution in [0.3, 0.4) is 0 Å². The lowest BCUT2D eigenvalue weighted by atomic mass is 9.75. The third kappa shape index (κ3) is 3.56. The molecule has 100 valence electrons. The molecule has 2 nitrogen and oxygen atoms in total. The second kappa shape index (κ2) is 5.72. The number of nitrogens with one attached hydrogen (secondary N) is 1. The van der Waals surface area contributed by atoms with Crippen molar-refractivity contribution in [2.45, 2.75) is 50.7 Å². The number of hydrogen-bond acceptors (Lipinski definition) is 2. The third-order valence-electron chi connectivity index (χ3n) is 3.99. The van der Waals surface area contributed by atoms with E-state index in [2.05, 4.69) is 45.5 Å². The zero-order chi connectivity index (χ0) is 13.2. The van der Waals surface area contributed by atoms with E-state index in [1.807, 2.05) is 13.8 Å². The summed E-state index contributed by atoms with van der Waals surface area (Å²) in [6.07, 6.45) is 3.15. The van der Waals surface area contributed by atoms with Crippen LogP contribution in [0.2, 0.25) is 0 Å². The molecule has 1 unspecified atom stereocenters. The van der Waals surface area contributed by atoms with Gasteiger partial charge in [0, 0.05) is 17.1 Å². The largest absolute Gasteiger partial charge is 0.389 e. The van der Waals surface area contributed by atoms with Crippen LogP contribution in [0.1, 0.15) is 44.6 Å². The van der Waals surface area contributed by atoms with Crippen molar-refractivity contribution in [2.24, 2.45) is 0 Å². The fraction of sp³-hybridized carbons (Fsp3) is 0.600. The highest BCUT2D eigenvalue weighted by molar-refractivity contribution is 9.10. The highest BCUT2D eigenvalue weighted by Gasteiger charge is 2.31. The summed E-state index contributed by atoms with van der Waals surface area (Å²) in [6.45, 7) is 4.61. The van der Waals surface area contributed by atoms with E-state index in [4.69, 9.17) is 0 Å². The summed E-state index contributed by atoms with van der Waals surface area (Å²) in [5.74, 6) is 0.673. The molecular weight excluding hydrogens is 290 g/mol. The molecule has 0 saturated heterocycles. The molecule has 2 rings (SSSR count). The Bertz CT molecular complexity index is 399. The molecule has 1 aromatic rings. The van der Waals surface area contributed by atoms with E-state index in [-0.39, 0.29) is 0 Å². The molecule has 0 bridgehead atoms. The van der Waals surface area contributed by atoms with Crippen molar-refractivity contribution in [1.29, 1.82) is 0 Å². The molecule has 18 heavy (non-hydrogen) atoms. The second-order valence-electron chi connectivity index (χ2n) is 5.65. The maximum atomic E-state index is 9.94. The molecule has 0 radical (unpaired) electrons. The summed E-state index contributed by atoms with van der Waals surface area (Å²) in [6, 6.07) is 9.14. The van der Waals surface area contributed by atoms with E-state index in [0.29, 0.717) is 18.5 Å². The molecule has 0 spiro atoms. The zero-order valence-corrected chi connectivity index (χ0v) is 12.7. The highest BCUT2D eigenvalue weighted by atomic mass is 79.9. The first kappa shape index (κ1) is 14.0. The van der Waals surface area contributed by atoms with Gasteiger partial charge < -0.3 is 10.4 Å². The molecular formula is C15H22BrNO. The maximum absolute atomic E-state index is 9.94. The summed E-state index contributed by atoms with van der Waals surface area (Å²) in [5.41, 5.74) is 0.852.